The Morgan fingerprint density at radius 2 is 1.33 bits per heavy atom. The first kappa shape index (κ1) is 13.0. The van der Waals surface area contributed by atoms with E-state index in [0.717, 1.165) is 11.3 Å². The molecule has 96 valence electrons. The first-order valence-electron chi connectivity index (χ1n) is 4.78. The molecule has 1 aromatic heterocycles. The van der Waals surface area contributed by atoms with Crippen LogP contribution in [0.4, 0.5) is 22.0 Å². The Morgan fingerprint density at radius 1 is 0.833 bits per heavy atom. The first-order valence-corrected chi connectivity index (χ1v) is 5.59. The Hall–Kier alpha value is -1.47. The first-order chi connectivity index (χ1) is 8.47. The average molecular weight is 279 g/mol. The van der Waals surface area contributed by atoms with Crippen molar-refractivity contribution in [2.75, 3.05) is 0 Å². The van der Waals surface area contributed by atoms with E-state index in [2.05, 4.69) is 0 Å². The molecule has 2 N–H and O–H groups in total. The maximum atomic E-state index is 13.5. The molecule has 18 heavy (non-hydrogen) atoms. The number of benzene rings is 1. The van der Waals surface area contributed by atoms with Crippen LogP contribution in [-0.4, -0.2) is 0 Å². The predicted octanol–water partition coefficient (Wildman–Crippen LogP) is 3.57. The highest BCUT2D eigenvalue weighted by molar-refractivity contribution is 7.15. The van der Waals surface area contributed by atoms with Gasteiger partial charge in [0.25, 0.3) is 0 Å². The number of rotatable bonds is 2. The molecule has 1 heterocycles. The van der Waals surface area contributed by atoms with Crippen LogP contribution in [0.25, 0.3) is 10.4 Å². The second kappa shape index (κ2) is 4.66. The van der Waals surface area contributed by atoms with E-state index in [-0.39, 0.29) is 11.4 Å². The van der Waals surface area contributed by atoms with Gasteiger partial charge in [0.15, 0.2) is 23.3 Å². The summed E-state index contributed by atoms with van der Waals surface area (Å²) in [5, 5.41) is 0. The van der Waals surface area contributed by atoms with Crippen LogP contribution in [0.2, 0.25) is 0 Å². The SMILES string of the molecule is NCc1ccc(-c2c(F)c(F)c(F)c(F)c2F)s1. The molecule has 0 radical (unpaired) electrons. The maximum absolute atomic E-state index is 13.5. The molecule has 0 atom stereocenters. The van der Waals surface area contributed by atoms with Crippen LogP contribution in [0.3, 0.4) is 0 Å². The summed E-state index contributed by atoms with van der Waals surface area (Å²) in [7, 11) is 0. The van der Waals surface area contributed by atoms with Gasteiger partial charge in [-0.1, -0.05) is 0 Å². The van der Waals surface area contributed by atoms with Crippen LogP contribution in [0.15, 0.2) is 12.1 Å². The van der Waals surface area contributed by atoms with Crippen LogP contribution in [-0.2, 0) is 6.54 Å². The quantitative estimate of drug-likeness (QED) is 0.507. The van der Waals surface area contributed by atoms with Crippen LogP contribution in [0.5, 0.6) is 0 Å². The lowest BCUT2D eigenvalue weighted by atomic mass is 10.1. The fraction of sp³-hybridized carbons (Fsp3) is 0.0909. The minimum atomic E-state index is -2.16. The fourth-order valence-corrected chi connectivity index (χ4v) is 2.36. The Kier molecular flexibility index (Phi) is 3.36. The van der Waals surface area contributed by atoms with Gasteiger partial charge in [-0.2, -0.15) is 0 Å². The van der Waals surface area contributed by atoms with Crippen LogP contribution in [0.1, 0.15) is 4.88 Å². The topological polar surface area (TPSA) is 26.0 Å². The van der Waals surface area contributed by atoms with E-state index < -0.39 is 34.6 Å². The summed E-state index contributed by atoms with van der Waals surface area (Å²) in [5.74, 6) is -9.74. The summed E-state index contributed by atoms with van der Waals surface area (Å²) in [6, 6.07) is 2.74. The van der Waals surface area contributed by atoms with Gasteiger partial charge in [0.1, 0.15) is 0 Å². The van der Waals surface area contributed by atoms with Gasteiger partial charge in [0, 0.05) is 16.3 Å². The second-order valence-electron chi connectivity index (χ2n) is 3.41. The van der Waals surface area contributed by atoms with Crippen LogP contribution >= 0.6 is 11.3 Å². The van der Waals surface area contributed by atoms with Crippen molar-refractivity contribution in [3.8, 4) is 10.4 Å². The molecule has 0 aliphatic heterocycles. The molecule has 0 fully saturated rings. The fourth-order valence-electron chi connectivity index (χ4n) is 1.44. The minimum Gasteiger partial charge on any atom is -0.326 e. The van der Waals surface area contributed by atoms with Crippen molar-refractivity contribution in [2.24, 2.45) is 5.73 Å². The summed E-state index contributed by atoms with van der Waals surface area (Å²) in [5.41, 5.74) is 4.40. The van der Waals surface area contributed by atoms with Gasteiger partial charge in [-0.05, 0) is 12.1 Å². The second-order valence-corrected chi connectivity index (χ2v) is 4.58. The zero-order chi connectivity index (χ0) is 13.4. The standard InChI is InChI=1S/C11H6F5NS/c12-7-6(5-2-1-4(3-17)18-5)8(13)10(15)11(16)9(7)14/h1-2H,3,17H2. The third-order valence-electron chi connectivity index (χ3n) is 2.32. The highest BCUT2D eigenvalue weighted by atomic mass is 32.1. The molecule has 0 aliphatic rings. The molecule has 2 aromatic rings. The zero-order valence-corrected chi connectivity index (χ0v) is 9.55. The number of hydrogen-bond acceptors (Lipinski definition) is 2. The number of nitrogens with two attached hydrogens (primary N) is 1. The van der Waals surface area contributed by atoms with Crippen molar-refractivity contribution in [3.63, 3.8) is 0 Å². The van der Waals surface area contributed by atoms with E-state index in [1.54, 1.807) is 0 Å². The van der Waals surface area contributed by atoms with Gasteiger partial charge in [0.2, 0.25) is 5.82 Å². The van der Waals surface area contributed by atoms with E-state index in [1.807, 2.05) is 0 Å². The van der Waals surface area contributed by atoms with Crippen molar-refractivity contribution >= 4 is 11.3 Å². The summed E-state index contributed by atoms with van der Waals surface area (Å²) in [6.45, 7) is 0.125. The smallest absolute Gasteiger partial charge is 0.200 e. The highest BCUT2D eigenvalue weighted by Crippen LogP contribution is 2.35. The molecule has 7 heteroatoms. The van der Waals surface area contributed by atoms with E-state index >= 15 is 0 Å². The van der Waals surface area contributed by atoms with Crippen molar-refractivity contribution in [1.82, 2.24) is 0 Å². The van der Waals surface area contributed by atoms with Gasteiger partial charge in [-0.25, -0.2) is 22.0 Å². The van der Waals surface area contributed by atoms with E-state index in [4.69, 9.17) is 5.73 Å². The molecule has 1 nitrogen and oxygen atoms in total. The molecule has 0 aliphatic carbocycles. The van der Waals surface area contributed by atoms with E-state index in [9.17, 15) is 22.0 Å². The largest absolute Gasteiger partial charge is 0.326 e. The molecule has 0 bridgehead atoms. The van der Waals surface area contributed by atoms with Gasteiger partial charge >= 0.3 is 0 Å². The van der Waals surface area contributed by atoms with Gasteiger partial charge < -0.3 is 5.73 Å². The maximum Gasteiger partial charge on any atom is 0.200 e. The third kappa shape index (κ3) is 1.89. The van der Waals surface area contributed by atoms with E-state index in [1.165, 1.54) is 12.1 Å². The lowest BCUT2D eigenvalue weighted by Crippen LogP contribution is -2.03. The molecular formula is C11H6F5NS. The molecule has 0 amide bonds. The average Bonchev–Trinajstić information content (AvgIpc) is 2.83. The lowest BCUT2D eigenvalue weighted by Gasteiger charge is -2.06. The van der Waals surface area contributed by atoms with E-state index in [0.29, 0.717) is 4.88 Å². The molecule has 0 spiro atoms. The number of hydrogen-bond donors (Lipinski definition) is 1. The van der Waals surface area contributed by atoms with Crippen molar-refractivity contribution in [2.45, 2.75) is 6.54 Å². The van der Waals surface area contributed by atoms with Gasteiger partial charge in [0.05, 0.1) is 5.56 Å². The van der Waals surface area contributed by atoms with Crippen LogP contribution < -0.4 is 5.73 Å². The monoisotopic (exact) mass is 279 g/mol. The zero-order valence-electron chi connectivity index (χ0n) is 8.74. The van der Waals surface area contributed by atoms with Crippen LogP contribution in [0, 0.1) is 29.1 Å². The molecule has 1 aromatic carbocycles. The molecule has 0 saturated carbocycles. The Bertz CT molecular complexity index is 579. The Labute approximate surface area is 103 Å². The Balaban J connectivity index is 2.71. The highest BCUT2D eigenvalue weighted by Gasteiger charge is 2.27. The van der Waals surface area contributed by atoms with Crippen molar-refractivity contribution in [1.29, 1.82) is 0 Å². The summed E-state index contributed by atoms with van der Waals surface area (Å²) >= 11 is 0.877. The summed E-state index contributed by atoms with van der Waals surface area (Å²) in [6.07, 6.45) is 0. The predicted molar refractivity (Wildman–Crippen MR) is 57.4 cm³/mol. The molecule has 0 saturated heterocycles. The number of thiophene rings is 1. The van der Waals surface area contributed by atoms with Gasteiger partial charge in [-0.3, -0.25) is 0 Å². The number of halogens is 5. The van der Waals surface area contributed by atoms with Gasteiger partial charge in [-0.15, -0.1) is 11.3 Å². The lowest BCUT2D eigenvalue weighted by molar-refractivity contribution is 0.381. The molecule has 2 rings (SSSR count). The summed E-state index contributed by atoms with van der Waals surface area (Å²) in [4.78, 5) is 0.525. The van der Waals surface area contributed by atoms with Crippen molar-refractivity contribution < 1.29 is 22.0 Å². The molecular weight excluding hydrogens is 273 g/mol. The van der Waals surface area contributed by atoms with Crippen molar-refractivity contribution in [3.05, 3.63) is 46.1 Å². The Morgan fingerprint density at radius 3 is 1.78 bits per heavy atom. The molecule has 0 unspecified atom stereocenters. The third-order valence-corrected chi connectivity index (χ3v) is 3.44. The summed E-state index contributed by atoms with van der Waals surface area (Å²) < 4.78 is 65.7. The minimum absolute atomic E-state index is 0.0525. The normalized spacial score (nSPS) is 11.0.